The summed E-state index contributed by atoms with van der Waals surface area (Å²) >= 11 is 5.96. The number of halogens is 1. The van der Waals surface area contributed by atoms with Gasteiger partial charge in [0.25, 0.3) is 0 Å². The van der Waals surface area contributed by atoms with Gasteiger partial charge in [-0.1, -0.05) is 11.6 Å². The minimum atomic E-state index is -0.419. The van der Waals surface area contributed by atoms with E-state index in [0.29, 0.717) is 5.56 Å². The monoisotopic (exact) mass is 243 g/mol. The molecule has 0 saturated heterocycles. The van der Waals surface area contributed by atoms with E-state index in [4.69, 9.17) is 17.3 Å². The van der Waals surface area contributed by atoms with Crippen molar-refractivity contribution in [1.82, 2.24) is 0 Å². The number of benzene rings is 1. The lowest BCUT2D eigenvalue weighted by Crippen LogP contribution is -2.31. The molecule has 5 heteroatoms. The molecular weight excluding hydrogens is 230 g/mol. The normalized spacial score (nSPS) is 19.4. The lowest BCUT2D eigenvalue weighted by Gasteiger charge is -2.23. The molecule has 0 aliphatic heterocycles. The maximum atomic E-state index is 9.83. The van der Waals surface area contributed by atoms with Crippen LogP contribution < -0.4 is 5.73 Å². The van der Waals surface area contributed by atoms with Gasteiger partial charge in [-0.25, -0.2) is 0 Å². The van der Waals surface area contributed by atoms with Gasteiger partial charge >= 0.3 is 0 Å². The Morgan fingerprint density at radius 1 is 1.31 bits per heavy atom. The highest BCUT2D eigenvalue weighted by Gasteiger charge is 2.51. The van der Waals surface area contributed by atoms with Crippen LogP contribution in [0.15, 0.2) is 6.07 Å². The molecule has 5 N–H and O–H groups in total. The van der Waals surface area contributed by atoms with Crippen molar-refractivity contribution in [2.24, 2.45) is 5.73 Å². The first-order valence-electron chi connectivity index (χ1n) is 5.09. The van der Waals surface area contributed by atoms with Crippen LogP contribution in [0, 0.1) is 0 Å². The third kappa shape index (κ3) is 1.41. The highest BCUT2D eigenvalue weighted by atomic mass is 35.5. The van der Waals surface area contributed by atoms with Crippen molar-refractivity contribution in [3.05, 3.63) is 16.7 Å². The second kappa shape index (κ2) is 3.43. The second-order valence-corrected chi connectivity index (χ2v) is 4.78. The van der Waals surface area contributed by atoms with E-state index in [-0.39, 0.29) is 28.3 Å². The van der Waals surface area contributed by atoms with E-state index in [9.17, 15) is 15.3 Å². The number of phenols is 3. The fourth-order valence-electron chi connectivity index (χ4n) is 2.14. The van der Waals surface area contributed by atoms with Gasteiger partial charge in [-0.15, -0.1) is 0 Å². The van der Waals surface area contributed by atoms with Crippen LogP contribution in [0.2, 0.25) is 5.02 Å². The van der Waals surface area contributed by atoms with E-state index in [1.165, 1.54) is 0 Å². The van der Waals surface area contributed by atoms with E-state index < -0.39 is 5.41 Å². The molecule has 1 aliphatic rings. The third-order valence-electron chi connectivity index (χ3n) is 3.36. The molecule has 0 bridgehead atoms. The number of hydrogen-bond donors (Lipinski definition) is 4. The zero-order valence-electron chi connectivity index (χ0n) is 8.87. The predicted octanol–water partition coefficient (Wildman–Crippen LogP) is 1.84. The van der Waals surface area contributed by atoms with Crippen molar-refractivity contribution in [3.63, 3.8) is 0 Å². The fourth-order valence-corrected chi connectivity index (χ4v) is 2.48. The van der Waals surface area contributed by atoms with Crippen molar-refractivity contribution in [2.45, 2.75) is 31.2 Å². The van der Waals surface area contributed by atoms with E-state index in [0.717, 1.165) is 18.9 Å². The first-order valence-corrected chi connectivity index (χ1v) is 5.47. The van der Waals surface area contributed by atoms with Crippen LogP contribution in [0.25, 0.3) is 0 Å². The summed E-state index contributed by atoms with van der Waals surface area (Å²) in [6.07, 6.45) is 1.58. The Balaban J connectivity index is 2.65. The second-order valence-electron chi connectivity index (χ2n) is 4.40. The fraction of sp³-hybridized carbons (Fsp3) is 0.455. The summed E-state index contributed by atoms with van der Waals surface area (Å²) < 4.78 is 0. The summed E-state index contributed by atoms with van der Waals surface area (Å²) in [5, 5.41) is 28.9. The van der Waals surface area contributed by atoms with Gasteiger partial charge in [-0.2, -0.15) is 0 Å². The molecule has 1 aromatic rings. The van der Waals surface area contributed by atoms with Crippen molar-refractivity contribution < 1.29 is 15.3 Å². The highest BCUT2D eigenvalue weighted by molar-refractivity contribution is 6.33. The van der Waals surface area contributed by atoms with E-state index in [2.05, 4.69) is 0 Å². The van der Waals surface area contributed by atoms with Crippen molar-refractivity contribution in [1.29, 1.82) is 0 Å². The van der Waals surface area contributed by atoms with Crippen LogP contribution in [0.4, 0.5) is 0 Å². The standard InChI is InChI=1S/C11H14ClNO3/c1-5(13)11(2-3-11)8-9(12)6(14)4-7(15)10(8)16/h4-5,14-16H,2-3,13H2,1H3. The van der Waals surface area contributed by atoms with Gasteiger partial charge in [0.15, 0.2) is 11.5 Å². The molecule has 0 aromatic heterocycles. The Kier molecular flexibility index (Phi) is 2.44. The minimum absolute atomic E-state index is 0.0742. The lowest BCUT2D eigenvalue weighted by atomic mass is 9.88. The van der Waals surface area contributed by atoms with Gasteiger partial charge in [-0.3, -0.25) is 0 Å². The molecule has 4 nitrogen and oxygen atoms in total. The molecular formula is C11H14ClNO3. The zero-order valence-corrected chi connectivity index (χ0v) is 9.62. The molecule has 1 aliphatic carbocycles. The maximum absolute atomic E-state index is 9.83. The van der Waals surface area contributed by atoms with E-state index in [1.54, 1.807) is 0 Å². The van der Waals surface area contributed by atoms with Crippen molar-refractivity contribution in [2.75, 3.05) is 0 Å². The quantitative estimate of drug-likeness (QED) is 0.472. The zero-order chi connectivity index (χ0) is 12.1. The van der Waals surface area contributed by atoms with E-state index >= 15 is 0 Å². The van der Waals surface area contributed by atoms with Crippen molar-refractivity contribution in [3.8, 4) is 17.2 Å². The number of nitrogens with two attached hydrogens (primary N) is 1. The number of phenolic OH excluding ortho intramolecular Hbond substituents is 3. The minimum Gasteiger partial charge on any atom is -0.506 e. The van der Waals surface area contributed by atoms with Crippen LogP contribution in [0.5, 0.6) is 17.2 Å². The molecule has 1 fully saturated rings. The van der Waals surface area contributed by atoms with Gasteiger partial charge < -0.3 is 21.1 Å². The van der Waals surface area contributed by atoms with Crippen LogP contribution in [-0.2, 0) is 5.41 Å². The summed E-state index contributed by atoms with van der Waals surface area (Å²) in [6, 6.07) is 0.829. The Morgan fingerprint density at radius 2 is 1.88 bits per heavy atom. The molecule has 0 spiro atoms. The first kappa shape index (κ1) is 11.4. The summed E-state index contributed by atoms with van der Waals surface area (Å²) in [6.45, 7) is 1.82. The maximum Gasteiger partial charge on any atom is 0.163 e. The topological polar surface area (TPSA) is 86.7 Å². The van der Waals surface area contributed by atoms with Gasteiger partial charge in [0.2, 0.25) is 0 Å². The summed E-state index contributed by atoms with van der Waals surface area (Å²) in [5.41, 5.74) is 5.81. The SMILES string of the molecule is CC(N)C1(c2c(O)c(O)cc(O)c2Cl)CC1. The van der Waals surface area contributed by atoms with Crippen LogP contribution in [-0.4, -0.2) is 21.4 Å². The van der Waals surface area contributed by atoms with Crippen LogP contribution in [0.1, 0.15) is 25.3 Å². The highest BCUT2D eigenvalue weighted by Crippen LogP contribution is 2.58. The average Bonchev–Trinajstić information content (AvgIpc) is 2.97. The average molecular weight is 244 g/mol. The Hall–Kier alpha value is -1.13. The largest absolute Gasteiger partial charge is 0.506 e. The molecule has 0 heterocycles. The number of hydrogen-bond acceptors (Lipinski definition) is 4. The molecule has 0 radical (unpaired) electrons. The summed E-state index contributed by atoms with van der Waals surface area (Å²) in [4.78, 5) is 0. The van der Waals surface area contributed by atoms with Gasteiger partial charge in [-0.05, 0) is 19.8 Å². The molecule has 2 rings (SSSR count). The third-order valence-corrected chi connectivity index (χ3v) is 3.74. The van der Waals surface area contributed by atoms with Gasteiger partial charge in [0.05, 0.1) is 5.02 Å². The lowest BCUT2D eigenvalue weighted by molar-refractivity contribution is 0.382. The van der Waals surface area contributed by atoms with Gasteiger partial charge in [0, 0.05) is 23.1 Å². The Morgan fingerprint density at radius 3 is 2.31 bits per heavy atom. The van der Waals surface area contributed by atoms with Crippen LogP contribution in [0.3, 0.4) is 0 Å². The Bertz CT molecular complexity index is 415. The molecule has 88 valence electrons. The molecule has 0 amide bonds. The molecule has 1 atom stereocenters. The predicted molar refractivity (Wildman–Crippen MR) is 61.0 cm³/mol. The Labute approximate surface area is 98.3 Å². The number of rotatable bonds is 2. The molecule has 16 heavy (non-hydrogen) atoms. The molecule has 1 aromatic carbocycles. The summed E-state index contributed by atoms with van der Waals surface area (Å²) in [5.74, 6) is -0.889. The smallest absolute Gasteiger partial charge is 0.163 e. The van der Waals surface area contributed by atoms with Crippen molar-refractivity contribution >= 4 is 11.6 Å². The first-order chi connectivity index (χ1) is 7.40. The van der Waals surface area contributed by atoms with E-state index in [1.807, 2.05) is 6.92 Å². The molecule has 1 unspecified atom stereocenters. The number of aromatic hydroxyl groups is 3. The van der Waals surface area contributed by atoms with Gasteiger partial charge in [0.1, 0.15) is 5.75 Å². The van der Waals surface area contributed by atoms with Crippen LogP contribution >= 0.6 is 11.6 Å². The summed E-state index contributed by atoms with van der Waals surface area (Å²) in [7, 11) is 0. The molecule has 1 saturated carbocycles.